The van der Waals surface area contributed by atoms with Gasteiger partial charge in [0.15, 0.2) is 0 Å². The SMILES string of the molecule is CC[C@H]1C/C=C/[C@H](O)[C@@H]2CC[C@H]2CN2C[C@@]3(CCCc4cc(Cl)ccc43)COc3ccc(cc32)C(=O)NS(=O)(=O)N1. The van der Waals surface area contributed by atoms with Crippen LogP contribution in [0.1, 0.15) is 66.9 Å². The molecule has 3 N–H and O–H groups in total. The third-order valence-electron chi connectivity index (χ3n) is 9.46. The Labute approximate surface area is 247 Å². The van der Waals surface area contributed by atoms with Crippen LogP contribution in [0.25, 0.3) is 0 Å². The number of aryl methyl sites for hydroxylation is 1. The molecular formula is C31H38ClN3O5S. The van der Waals surface area contributed by atoms with Gasteiger partial charge in [-0.25, -0.2) is 4.72 Å². The molecule has 2 heterocycles. The van der Waals surface area contributed by atoms with E-state index in [4.69, 9.17) is 16.3 Å². The van der Waals surface area contributed by atoms with E-state index in [1.807, 2.05) is 19.1 Å². The minimum absolute atomic E-state index is 0.114. The second-order valence-electron chi connectivity index (χ2n) is 12.1. The number of aliphatic hydroxyl groups excluding tert-OH is 1. The van der Waals surface area contributed by atoms with Gasteiger partial charge in [0.25, 0.3) is 5.91 Å². The molecule has 0 unspecified atom stereocenters. The zero-order valence-corrected chi connectivity index (χ0v) is 24.9. The number of carbonyl (C=O) groups excluding carboxylic acids is 1. The number of nitrogens with one attached hydrogen (secondary N) is 2. The number of ether oxygens (including phenoxy) is 1. The molecule has 1 fully saturated rings. The topological polar surface area (TPSA) is 108 Å². The first-order valence-electron chi connectivity index (χ1n) is 14.7. The largest absolute Gasteiger partial charge is 0.490 e. The van der Waals surface area contributed by atoms with E-state index in [1.54, 1.807) is 24.3 Å². The molecule has 2 bridgehead atoms. The Hall–Kier alpha value is -2.59. The summed E-state index contributed by atoms with van der Waals surface area (Å²) in [5.74, 6) is 0.371. The second-order valence-corrected chi connectivity index (χ2v) is 14.0. The van der Waals surface area contributed by atoms with E-state index < -0.39 is 28.3 Å². The molecule has 220 valence electrons. The van der Waals surface area contributed by atoms with Crippen LogP contribution in [0.4, 0.5) is 5.69 Å². The lowest BCUT2D eigenvalue weighted by Gasteiger charge is -2.45. The van der Waals surface area contributed by atoms with Gasteiger partial charge in [-0.3, -0.25) is 4.79 Å². The van der Waals surface area contributed by atoms with E-state index in [0.717, 1.165) is 42.8 Å². The molecule has 41 heavy (non-hydrogen) atoms. The molecule has 8 nitrogen and oxygen atoms in total. The van der Waals surface area contributed by atoms with Gasteiger partial charge in [0.05, 0.1) is 18.4 Å². The fraction of sp³-hybridized carbons (Fsp3) is 0.516. The molecule has 1 amide bonds. The molecule has 6 rings (SSSR count). The molecule has 0 aromatic heterocycles. The van der Waals surface area contributed by atoms with Crippen LogP contribution < -0.4 is 19.1 Å². The van der Waals surface area contributed by atoms with E-state index in [0.29, 0.717) is 38.3 Å². The number of halogens is 1. The Morgan fingerprint density at radius 2 is 2.05 bits per heavy atom. The van der Waals surface area contributed by atoms with Crippen LogP contribution in [0.2, 0.25) is 5.02 Å². The van der Waals surface area contributed by atoms with E-state index in [-0.39, 0.29) is 22.8 Å². The fourth-order valence-electron chi connectivity index (χ4n) is 7.06. The van der Waals surface area contributed by atoms with Crippen LogP contribution in [-0.2, 0) is 22.0 Å². The van der Waals surface area contributed by atoms with Gasteiger partial charge in [-0.1, -0.05) is 36.7 Å². The fourth-order valence-corrected chi connectivity index (χ4v) is 8.38. The van der Waals surface area contributed by atoms with Crippen molar-refractivity contribution in [2.45, 2.75) is 69.4 Å². The van der Waals surface area contributed by atoms with E-state index in [1.165, 1.54) is 11.1 Å². The summed E-state index contributed by atoms with van der Waals surface area (Å²) >= 11 is 6.37. The maximum Gasteiger partial charge on any atom is 0.301 e. The van der Waals surface area contributed by atoms with Crippen LogP contribution in [0.5, 0.6) is 5.75 Å². The quantitative estimate of drug-likeness (QED) is 0.417. The summed E-state index contributed by atoms with van der Waals surface area (Å²) in [6.07, 6.45) is 8.93. The first-order valence-corrected chi connectivity index (χ1v) is 16.5. The number of benzene rings is 2. The minimum Gasteiger partial charge on any atom is -0.490 e. The zero-order chi connectivity index (χ0) is 28.8. The molecule has 1 saturated carbocycles. The number of carbonyl (C=O) groups is 1. The van der Waals surface area contributed by atoms with Gasteiger partial charge in [-0.2, -0.15) is 13.1 Å². The molecule has 4 aliphatic rings. The highest BCUT2D eigenvalue weighted by molar-refractivity contribution is 7.88. The molecule has 2 aromatic carbocycles. The molecule has 2 aliphatic carbocycles. The lowest BCUT2D eigenvalue weighted by atomic mass is 9.68. The van der Waals surface area contributed by atoms with Crippen molar-refractivity contribution in [3.8, 4) is 5.75 Å². The first kappa shape index (κ1) is 28.5. The van der Waals surface area contributed by atoms with Crippen molar-refractivity contribution in [1.29, 1.82) is 0 Å². The summed E-state index contributed by atoms with van der Waals surface area (Å²) in [5.41, 5.74) is 3.26. The lowest BCUT2D eigenvalue weighted by molar-refractivity contribution is 0.0456. The molecule has 0 radical (unpaired) electrons. The lowest BCUT2D eigenvalue weighted by Crippen LogP contribution is -2.49. The van der Waals surface area contributed by atoms with E-state index in [2.05, 4.69) is 26.5 Å². The second kappa shape index (κ2) is 11.2. The van der Waals surface area contributed by atoms with Crippen molar-refractivity contribution < 1.29 is 23.1 Å². The molecule has 0 saturated heterocycles. The number of hydrogen-bond acceptors (Lipinski definition) is 6. The van der Waals surface area contributed by atoms with Crippen molar-refractivity contribution in [3.63, 3.8) is 0 Å². The van der Waals surface area contributed by atoms with Crippen LogP contribution in [0, 0.1) is 11.8 Å². The van der Waals surface area contributed by atoms with E-state index >= 15 is 0 Å². The van der Waals surface area contributed by atoms with Gasteiger partial charge < -0.3 is 14.7 Å². The first-order chi connectivity index (χ1) is 19.7. The maximum atomic E-state index is 13.2. The van der Waals surface area contributed by atoms with Crippen molar-refractivity contribution in [2.24, 2.45) is 11.8 Å². The summed E-state index contributed by atoms with van der Waals surface area (Å²) in [5, 5.41) is 11.8. The maximum absolute atomic E-state index is 13.2. The van der Waals surface area contributed by atoms with E-state index in [9.17, 15) is 18.3 Å². The molecule has 2 aliphatic heterocycles. The standard InChI is InChI=1S/C31H38ClN3O5S/c1-2-24-6-3-7-28(36)25-11-8-22(25)17-35-18-31(14-4-5-20-15-23(32)10-12-26(20)31)19-40-29-13-9-21(16-27(29)35)30(37)34-41(38,39)33-24/h3,7,9-10,12-13,15-16,22,24-25,28,33,36H,2,4-6,8,11,14,17-19H2,1H3,(H,34,37)/b7-3+/t22-,24-,25+,28-,31-/m0/s1. The zero-order valence-electron chi connectivity index (χ0n) is 23.3. The number of nitrogens with zero attached hydrogens (tertiary/aromatic N) is 1. The van der Waals surface area contributed by atoms with Gasteiger partial charge in [0.1, 0.15) is 5.75 Å². The highest BCUT2D eigenvalue weighted by atomic mass is 35.5. The normalized spacial score (nSPS) is 32.0. The van der Waals surface area contributed by atoms with Crippen LogP contribution in [0.15, 0.2) is 48.6 Å². The Morgan fingerprint density at radius 1 is 1.20 bits per heavy atom. The number of anilines is 1. The van der Waals surface area contributed by atoms with Gasteiger partial charge in [0.2, 0.25) is 0 Å². The van der Waals surface area contributed by atoms with Gasteiger partial charge in [-0.15, -0.1) is 0 Å². The summed E-state index contributed by atoms with van der Waals surface area (Å²) in [7, 11) is -4.09. The number of rotatable bonds is 1. The average Bonchev–Trinajstić information content (AvgIpc) is 3.06. The Morgan fingerprint density at radius 3 is 2.83 bits per heavy atom. The van der Waals surface area contributed by atoms with Crippen molar-refractivity contribution in [2.75, 3.05) is 24.6 Å². The summed E-state index contributed by atoms with van der Waals surface area (Å²) in [6, 6.07) is 10.9. The Balaban J connectivity index is 1.41. The number of hydrogen-bond donors (Lipinski definition) is 3. The number of aliphatic hydroxyl groups is 1. The summed E-state index contributed by atoms with van der Waals surface area (Å²) in [6.45, 7) is 3.77. The van der Waals surface area contributed by atoms with Crippen LogP contribution in [-0.4, -0.2) is 51.3 Å². The predicted molar refractivity (Wildman–Crippen MR) is 160 cm³/mol. The van der Waals surface area contributed by atoms with Crippen LogP contribution >= 0.6 is 11.6 Å². The highest BCUT2D eigenvalue weighted by Crippen LogP contribution is 2.46. The predicted octanol–water partition coefficient (Wildman–Crippen LogP) is 4.50. The third-order valence-corrected chi connectivity index (χ3v) is 10.8. The average molecular weight is 600 g/mol. The molecule has 5 atom stereocenters. The minimum atomic E-state index is -4.09. The highest BCUT2D eigenvalue weighted by Gasteiger charge is 2.44. The molecule has 10 heteroatoms. The summed E-state index contributed by atoms with van der Waals surface area (Å²) in [4.78, 5) is 15.5. The smallest absolute Gasteiger partial charge is 0.301 e. The van der Waals surface area contributed by atoms with Crippen molar-refractivity contribution in [3.05, 3.63) is 70.3 Å². The van der Waals surface area contributed by atoms with Crippen molar-refractivity contribution >= 4 is 33.4 Å². The molecular weight excluding hydrogens is 562 g/mol. The van der Waals surface area contributed by atoms with Crippen LogP contribution in [0.3, 0.4) is 0 Å². The Bertz CT molecular complexity index is 1460. The number of amides is 1. The third kappa shape index (κ3) is 5.74. The number of fused-ring (bicyclic) bond motifs is 4. The van der Waals surface area contributed by atoms with Gasteiger partial charge in [0, 0.05) is 35.1 Å². The molecule has 2 aromatic rings. The van der Waals surface area contributed by atoms with Gasteiger partial charge in [-0.05, 0) is 98.2 Å². The Kier molecular flexibility index (Phi) is 7.82. The molecule has 1 spiro atoms. The summed E-state index contributed by atoms with van der Waals surface area (Å²) < 4.78 is 37.0. The monoisotopic (exact) mass is 599 g/mol. The van der Waals surface area contributed by atoms with Gasteiger partial charge >= 0.3 is 10.2 Å². The van der Waals surface area contributed by atoms with Crippen molar-refractivity contribution in [1.82, 2.24) is 9.44 Å².